The topological polar surface area (TPSA) is 105 Å². The van der Waals surface area contributed by atoms with E-state index in [2.05, 4.69) is 44.6 Å². The normalized spacial score (nSPS) is 15.7. The van der Waals surface area contributed by atoms with Crippen molar-refractivity contribution in [2.24, 2.45) is 7.05 Å². The number of carbonyl (C=O) groups is 2. The molecule has 2 N–H and O–H groups in total. The number of H-pyrrole nitrogens is 1. The molecular weight excluding hydrogens is 432 g/mol. The van der Waals surface area contributed by atoms with Gasteiger partial charge in [0.05, 0.1) is 22.4 Å². The van der Waals surface area contributed by atoms with Gasteiger partial charge in [0.1, 0.15) is 29.9 Å². The van der Waals surface area contributed by atoms with E-state index >= 15 is 0 Å². The minimum absolute atomic E-state index is 0.0224. The van der Waals surface area contributed by atoms with Crippen LogP contribution < -0.4 is 15.0 Å². The van der Waals surface area contributed by atoms with Crippen LogP contribution in [0.4, 0.5) is 5.69 Å². The molecule has 0 saturated heterocycles. The standard InChI is InChI=1S/C25H26N6O3/c1-14-5-7-16(8-6-14)9-17-10-22(31(4)29-17)24(32)28-20-13-34-23-12-19-18(26-15(2)27-19)11-21(23)30(3)25(20)33/h5-8,10-12,20H,9,13H2,1-4H3,(H,26,27)(H,28,32)/t20-/m0/s1. The van der Waals surface area contributed by atoms with E-state index in [-0.39, 0.29) is 18.4 Å². The second-order valence-electron chi connectivity index (χ2n) is 8.70. The number of fused-ring (bicyclic) bond motifs is 2. The number of hydrogen-bond acceptors (Lipinski definition) is 5. The summed E-state index contributed by atoms with van der Waals surface area (Å²) in [7, 11) is 3.39. The molecule has 9 nitrogen and oxygen atoms in total. The fourth-order valence-electron chi connectivity index (χ4n) is 4.20. The first-order valence-electron chi connectivity index (χ1n) is 11.1. The van der Waals surface area contributed by atoms with Gasteiger partial charge < -0.3 is 19.9 Å². The molecule has 0 unspecified atom stereocenters. The molecule has 0 bridgehead atoms. The van der Waals surface area contributed by atoms with Gasteiger partial charge in [0.25, 0.3) is 11.8 Å². The zero-order chi connectivity index (χ0) is 24.0. The number of nitrogens with one attached hydrogen (secondary N) is 2. The average molecular weight is 459 g/mol. The number of aromatic amines is 1. The number of ether oxygens (including phenoxy) is 1. The molecule has 0 spiro atoms. The van der Waals surface area contributed by atoms with Gasteiger partial charge in [-0.1, -0.05) is 29.8 Å². The zero-order valence-electron chi connectivity index (χ0n) is 19.5. The summed E-state index contributed by atoms with van der Waals surface area (Å²) < 4.78 is 7.47. The highest BCUT2D eigenvalue weighted by molar-refractivity contribution is 6.04. The Labute approximate surface area is 196 Å². The molecule has 1 aliphatic rings. The molecule has 0 fully saturated rings. The molecule has 2 aromatic carbocycles. The van der Waals surface area contributed by atoms with Crippen molar-refractivity contribution in [2.45, 2.75) is 26.3 Å². The van der Waals surface area contributed by atoms with E-state index in [9.17, 15) is 9.59 Å². The number of likely N-dealkylation sites (N-methyl/N-ethyl adjacent to an activating group) is 1. The quantitative estimate of drug-likeness (QED) is 0.489. The monoisotopic (exact) mass is 458 g/mol. The number of amides is 2. The summed E-state index contributed by atoms with van der Waals surface area (Å²) >= 11 is 0. The van der Waals surface area contributed by atoms with Gasteiger partial charge in [0.15, 0.2) is 0 Å². The Morgan fingerprint density at radius 1 is 1.18 bits per heavy atom. The number of aryl methyl sites for hydroxylation is 3. The highest BCUT2D eigenvalue weighted by atomic mass is 16.5. The minimum Gasteiger partial charge on any atom is -0.489 e. The summed E-state index contributed by atoms with van der Waals surface area (Å²) in [5, 5.41) is 7.30. The van der Waals surface area contributed by atoms with Crippen molar-refractivity contribution in [3.05, 3.63) is 70.8 Å². The number of rotatable bonds is 4. The molecule has 5 rings (SSSR count). The summed E-state index contributed by atoms with van der Waals surface area (Å²) in [5.41, 5.74) is 5.66. The van der Waals surface area contributed by atoms with Crippen LogP contribution in [-0.4, -0.2) is 51.3 Å². The van der Waals surface area contributed by atoms with Crippen LogP contribution in [0.2, 0.25) is 0 Å². The van der Waals surface area contributed by atoms with E-state index in [1.165, 1.54) is 15.1 Å². The van der Waals surface area contributed by atoms with Crippen LogP contribution in [0.5, 0.6) is 5.75 Å². The van der Waals surface area contributed by atoms with Crippen LogP contribution in [0.15, 0.2) is 42.5 Å². The second-order valence-corrected chi connectivity index (χ2v) is 8.70. The highest BCUT2D eigenvalue weighted by Crippen LogP contribution is 2.34. The molecule has 1 aliphatic heterocycles. The van der Waals surface area contributed by atoms with E-state index in [4.69, 9.17) is 4.74 Å². The third kappa shape index (κ3) is 4.00. The SMILES string of the molecule is Cc1ccc(Cc2cc(C(=O)N[C@H]3COc4cc5[nH]c(C)nc5cc4N(C)C3=O)n(C)n2)cc1. The third-order valence-electron chi connectivity index (χ3n) is 6.05. The molecule has 34 heavy (non-hydrogen) atoms. The van der Waals surface area contributed by atoms with Gasteiger partial charge in [-0.25, -0.2) is 4.98 Å². The number of carbonyl (C=O) groups excluding carboxylic acids is 2. The smallest absolute Gasteiger partial charge is 0.270 e. The van der Waals surface area contributed by atoms with E-state index in [1.807, 2.05) is 26.0 Å². The van der Waals surface area contributed by atoms with Crippen molar-refractivity contribution in [3.63, 3.8) is 0 Å². The number of imidazole rings is 1. The van der Waals surface area contributed by atoms with Crippen molar-refractivity contribution in [2.75, 3.05) is 18.6 Å². The van der Waals surface area contributed by atoms with Gasteiger partial charge in [-0.05, 0) is 31.5 Å². The summed E-state index contributed by atoms with van der Waals surface area (Å²) in [5.74, 6) is 0.702. The van der Waals surface area contributed by atoms with Crippen LogP contribution in [0.1, 0.15) is 33.1 Å². The third-order valence-corrected chi connectivity index (χ3v) is 6.05. The molecule has 0 radical (unpaired) electrons. The molecule has 4 aromatic rings. The lowest BCUT2D eigenvalue weighted by Crippen LogP contribution is -2.49. The molecule has 174 valence electrons. The van der Waals surface area contributed by atoms with Crippen molar-refractivity contribution in [3.8, 4) is 5.75 Å². The zero-order valence-corrected chi connectivity index (χ0v) is 19.5. The van der Waals surface area contributed by atoms with Gasteiger partial charge in [-0.2, -0.15) is 5.10 Å². The van der Waals surface area contributed by atoms with E-state index in [0.717, 1.165) is 28.1 Å². The predicted molar refractivity (Wildman–Crippen MR) is 128 cm³/mol. The maximum atomic E-state index is 13.2. The number of aromatic nitrogens is 4. The lowest BCUT2D eigenvalue weighted by atomic mass is 10.1. The number of hydrogen-bond donors (Lipinski definition) is 2. The predicted octanol–water partition coefficient (Wildman–Crippen LogP) is 2.66. The Morgan fingerprint density at radius 2 is 1.94 bits per heavy atom. The maximum absolute atomic E-state index is 13.2. The summed E-state index contributed by atoms with van der Waals surface area (Å²) in [4.78, 5) is 35.3. The molecule has 9 heteroatoms. The van der Waals surface area contributed by atoms with Crippen molar-refractivity contribution in [1.82, 2.24) is 25.1 Å². The first-order valence-corrected chi connectivity index (χ1v) is 11.1. The molecule has 3 heterocycles. The van der Waals surface area contributed by atoms with E-state index in [1.54, 1.807) is 20.2 Å². The first kappa shape index (κ1) is 21.7. The molecule has 2 aromatic heterocycles. The minimum atomic E-state index is -0.839. The van der Waals surface area contributed by atoms with Crippen LogP contribution in [-0.2, 0) is 18.3 Å². The Bertz CT molecular complexity index is 1400. The van der Waals surface area contributed by atoms with Gasteiger partial charge in [0, 0.05) is 26.6 Å². The van der Waals surface area contributed by atoms with Gasteiger partial charge in [0.2, 0.25) is 0 Å². The van der Waals surface area contributed by atoms with Crippen molar-refractivity contribution >= 4 is 28.5 Å². The first-order chi connectivity index (χ1) is 16.3. The molecule has 0 saturated carbocycles. The van der Waals surface area contributed by atoms with Gasteiger partial charge >= 0.3 is 0 Å². The molecule has 0 aliphatic carbocycles. The summed E-state index contributed by atoms with van der Waals surface area (Å²) in [6.07, 6.45) is 0.617. The average Bonchev–Trinajstić information content (AvgIpc) is 3.33. The van der Waals surface area contributed by atoms with Crippen molar-refractivity contribution in [1.29, 1.82) is 0 Å². The molecule has 1 atom stereocenters. The largest absolute Gasteiger partial charge is 0.489 e. The Balaban J connectivity index is 1.33. The fraction of sp³-hybridized carbons (Fsp3) is 0.280. The Morgan fingerprint density at radius 3 is 2.71 bits per heavy atom. The maximum Gasteiger partial charge on any atom is 0.270 e. The highest BCUT2D eigenvalue weighted by Gasteiger charge is 2.32. The van der Waals surface area contributed by atoms with Crippen LogP contribution >= 0.6 is 0 Å². The lowest BCUT2D eigenvalue weighted by molar-refractivity contribution is -0.120. The molecule has 2 amide bonds. The summed E-state index contributed by atoms with van der Waals surface area (Å²) in [6, 6.07) is 12.8. The number of benzene rings is 2. The fourth-order valence-corrected chi connectivity index (χ4v) is 4.20. The van der Waals surface area contributed by atoms with Gasteiger partial charge in [-0.15, -0.1) is 0 Å². The Kier molecular flexibility index (Phi) is 5.31. The summed E-state index contributed by atoms with van der Waals surface area (Å²) in [6.45, 7) is 3.94. The van der Waals surface area contributed by atoms with E-state index in [0.29, 0.717) is 23.6 Å². The van der Waals surface area contributed by atoms with Crippen LogP contribution in [0.3, 0.4) is 0 Å². The van der Waals surface area contributed by atoms with Crippen LogP contribution in [0, 0.1) is 13.8 Å². The van der Waals surface area contributed by atoms with Crippen LogP contribution in [0.25, 0.3) is 11.0 Å². The van der Waals surface area contributed by atoms with Crippen molar-refractivity contribution < 1.29 is 14.3 Å². The number of anilines is 1. The molecular formula is C25H26N6O3. The Hall–Kier alpha value is -4.14. The lowest BCUT2D eigenvalue weighted by Gasteiger charge is -2.20. The van der Waals surface area contributed by atoms with E-state index < -0.39 is 6.04 Å². The van der Waals surface area contributed by atoms with Gasteiger partial charge in [-0.3, -0.25) is 14.3 Å². The number of nitrogens with zero attached hydrogens (tertiary/aromatic N) is 4. The second kappa shape index (κ2) is 8.33.